The lowest BCUT2D eigenvalue weighted by Crippen LogP contribution is -2.22. The van der Waals surface area contributed by atoms with Crippen LogP contribution in [0.5, 0.6) is 0 Å². The van der Waals surface area contributed by atoms with Crippen LogP contribution in [-0.4, -0.2) is 18.1 Å². The molecule has 0 aliphatic carbocycles. The minimum Gasteiger partial charge on any atom is -0.468 e. The average Bonchev–Trinajstić information content (AvgIpc) is 2.17. The number of hydrogen-bond donors (Lipinski definition) is 1. The predicted octanol–water partition coefficient (Wildman–Crippen LogP) is 0.676. The Morgan fingerprint density at radius 2 is 2.38 bits per heavy atom. The molecule has 72 valence electrons. The smallest absolute Gasteiger partial charge is 0.327 e. The predicted molar refractivity (Wildman–Crippen MR) is 50.4 cm³/mol. The fourth-order valence-corrected chi connectivity index (χ4v) is 0.823. The fourth-order valence-electron chi connectivity index (χ4n) is 0.823. The third-order valence-electron chi connectivity index (χ3n) is 1.50. The van der Waals surface area contributed by atoms with Crippen LogP contribution in [0, 0.1) is 0 Å². The number of methoxy groups -OCH3 is 1. The first-order valence-corrected chi connectivity index (χ1v) is 3.49. The van der Waals surface area contributed by atoms with Crippen molar-refractivity contribution in [3.8, 4) is 0 Å². The van der Waals surface area contributed by atoms with Crippen LogP contribution < -0.4 is 5.73 Å². The third-order valence-corrected chi connectivity index (χ3v) is 1.50. The second kappa shape index (κ2) is 5.50. The summed E-state index contributed by atoms with van der Waals surface area (Å²) in [5, 5.41) is 0. The van der Waals surface area contributed by atoms with Crippen LogP contribution in [0.4, 0.5) is 0 Å². The van der Waals surface area contributed by atoms with Crippen LogP contribution in [0.3, 0.4) is 0 Å². The van der Waals surface area contributed by atoms with Crippen molar-refractivity contribution in [3.05, 3.63) is 30.1 Å². The first-order chi connectivity index (χ1) is 5.75. The van der Waals surface area contributed by atoms with E-state index in [0.717, 1.165) is 0 Å². The number of nitrogens with zero attached hydrogens (tertiary/aromatic N) is 1. The molecule has 0 spiro atoms. The maximum Gasteiger partial charge on any atom is 0.327 e. The summed E-state index contributed by atoms with van der Waals surface area (Å²) in [7, 11) is 1.30. The number of ether oxygens (including phenoxy) is 1. The summed E-state index contributed by atoms with van der Waals surface area (Å²) in [5.41, 5.74) is 6.19. The second-order valence-corrected chi connectivity index (χ2v) is 2.29. The van der Waals surface area contributed by atoms with Crippen LogP contribution >= 0.6 is 12.4 Å². The van der Waals surface area contributed by atoms with E-state index in [4.69, 9.17) is 5.73 Å². The van der Waals surface area contributed by atoms with Crippen LogP contribution in [0.15, 0.2) is 24.5 Å². The van der Waals surface area contributed by atoms with E-state index in [1.807, 2.05) is 0 Å². The lowest BCUT2D eigenvalue weighted by molar-refractivity contribution is -0.142. The highest BCUT2D eigenvalue weighted by molar-refractivity contribution is 5.85. The molecule has 1 aromatic heterocycles. The molecular weight excluding hydrogens is 192 g/mol. The maximum atomic E-state index is 10.9. The van der Waals surface area contributed by atoms with Gasteiger partial charge in [0.1, 0.15) is 6.04 Å². The third kappa shape index (κ3) is 3.01. The van der Waals surface area contributed by atoms with Crippen molar-refractivity contribution >= 4 is 18.4 Å². The highest BCUT2D eigenvalue weighted by atomic mass is 35.5. The SMILES string of the molecule is COC(=O)[C@H](N)c1cccnc1.Cl. The summed E-state index contributed by atoms with van der Waals surface area (Å²) in [6.45, 7) is 0. The topological polar surface area (TPSA) is 65.2 Å². The molecule has 0 aromatic carbocycles. The molecule has 0 fully saturated rings. The molecule has 2 N–H and O–H groups in total. The maximum absolute atomic E-state index is 10.9. The molecule has 1 aromatic rings. The van der Waals surface area contributed by atoms with Gasteiger partial charge in [0.25, 0.3) is 0 Å². The highest BCUT2D eigenvalue weighted by Gasteiger charge is 2.15. The molecule has 0 bridgehead atoms. The van der Waals surface area contributed by atoms with Gasteiger partial charge in [-0.3, -0.25) is 9.78 Å². The summed E-state index contributed by atoms with van der Waals surface area (Å²) in [6, 6.07) is 2.72. The van der Waals surface area contributed by atoms with Crippen molar-refractivity contribution in [2.75, 3.05) is 7.11 Å². The van der Waals surface area contributed by atoms with E-state index in [9.17, 15) is 4.79 Å². The van der Waals surface area contributed by atoms with Crippen molar-refractivity contribution in [3.63, 3.8) is 0 Å². The van der Waals surface area contributed by atoms with Gasteiger partial charge in [0.05, 0.1) is 7.11 Å². The van der Waals surface area contributed by atoms with Crippen molar-refractivity contribution in [1.82, 2.24) is 4.98 Å². The normalized spacial score (nSPS) is 11.2. The molecule has 0 saturated carbocycles. The number of esters is 1. The number of rotatable bonds is 2. The molecule has 1 atom stereocenters. The van der Waals surface area contributed by atoms with Gasteiger partial charge in [-0.05, 0) is 11.6 Å². The number of pyridine rings is 1. The Morgan fingerprint density at radius 1 is 1.69 bits per heavy atom. The summed E-state index contributed by atoms with van der Waals surface area (Å²) < 4.78 is 4.47. The van der Waals surface area contributed by atoms with Crippen molar-refractivity contribution in [1.29, 1.82) is 0 Å². The standard InChI is InChI=1S/C8H10N2O2.ClH/c1-12-8(11)7(9)6-3-2-4-10-5-6;/h2-5,7H,9H2,1H3;1H/t7-;/m1./s1. The van der Waals surface area contributed by atoms with Gasteiger partial charge < -0.3 is 10.5 Å². The molecule has 5 heteroatoms. The Hall–Kier alpha value is -1.13. The minimum atomic E-state index is -0.733. The zero-order chi connectivity index (χ0) is 8.97. The number of carbonyl (C=O) groups excluding carboxylic acids is 1. The molecule has 1 rings (SSSR count). The molecule has 13 heavy (non-hydrogen) atoms. The molecule has 1 heterocycles. The van der Waals surface area contributed by atoms with Gasteiger partial charge >= 0.3 is 5.97 Å². The minimum absolute atomic E-state index is 0. The van der Waals surface area contributed by atoms with Gasteiger partial charge in [-0.2, -0.15) is 0 Å². The molecule has 4 nitrogen and oxygen atoms in total. The summed E-state index contributed by atoms with van der Waals surface area (Å²) in [4.78, 5) is 14.8. The molecule has 0 saturated heterocycles. The van der Waals surface area contributed by atoms with Gasteiger partial charge in [-0.15, -0.1) is 12.4 Å². The van der Waals surface area contributed by atoms with Gasteiger partial charge in [-0.1, -0.05) is 6.07 Å². The first kappa shape index (κ1) is 11.9. The first-order valence-electron chi connectivity index (χ1n) is 3.49. The van der Waals surface area contributed by atoms with Crippen molar-refractivity contribution < 1.29 is 9.53 Å². The van der Waals surface area contributed by atoms with E-state index in [-0.39, 0.29) is 12.4 Å². The number of halogens is 1. The largest absolute Gasteiger partial charge is 0.468 e. The summed E-state index contributed by atoms with van der Waals surface area (Å²) in [5.74, 6) is -0.456. The van der Waals surface area contributed by atoms with Gasteiger partial charge in [-0.25, -0.2) is 0 Å². The summed E-state index contributed by atoms with van der Waals surface area (Å²) >= 11 is 0. The lowest BCUT2D eigenvalue weighted by atomic mass is 10.1. The van der Waals surface area contributed by atoms with E-state index in [1.165, 1.54) is 7.11 Å². The second-order valence-electron chi connectivity index (χ2n) is 2.29. The van der Waals surface area contributed by atoms with Gasteiger partial charge in [0.2, 0.25) is 0 Å². The number of carbonyl (C=O) groups is 1. The van der Waals surface area contributed by atoms with Crippen molar-refractivity contribution in [2.24, 2.45) is 5.73 Å². The number of aromatic nitrogens is 1. The quantitative estimate of drug-likeness (QED) is 0.717. The van der Waals surface area contributed by atoms with Gasteiger partial charge in [0.15, 0.2) is 0 Å². The molecule has 0 aliphatic heterocycles. The fraction of sp³-hybridized carbons (Fsp3) is 0.250. The van der Waals surface area contributed by atoms with E-state index in [1.54, 1.807) is 24.5 Å². The highest BCUT2D eigenvalue weighted by Crippen LogP contribution is 2.08. The van der Waals surface area contributed by atoms with Crippen LogP contribution in [-0.2, 0) is 9.53 Å². The van der Waals surface area contributed by atoms with E-state index in [2.05, 4.69) is 9.72 Å². The van der Waals surface area contributed by atoms with E-state index >= 15 is 0 Å². The average molecular weight is 203 g/mol. The van der Waals surface area contributed by atoms with Crippen molar-refractivity contribution in [2.45, 2.75) is 6.04 Å². The summed E-state index contributed by atoms with van der Waals surface area (Å²) in [6.07, 6.45) is 3.16. The number of hydrogen-bond acceptors (Lipinski definition) is 4. The van der Waals surface area contributed by atoms with Gasteiger partial charge in [0, 0.05) is 12.4 Å². The molecule has 0 unspecified atom stereocenters. The monoisotopic (exact) mass is 202 g/mol. The van der Waals surface area contributed by atoms with Crippen LogP contribution in [0.1, 0.15) is 11.6 Å². The Morgan fingerprint density at radius 3 is 2.85 bits per heavy atom. The number of nitrogens with two attached hydrogens (primary N) is 1. The Kier molecular flexibility index (Phi) is 5.03. The van der Waals surface area contributed by atoms with Crippen LogP contribution in [0.2, 0.25) is 0 Å². The zero-order valence-electron chi connectivity index (χ0n) is 7.14. The Labute approximate surface area is 82.5 Å². The zero-order valence-corrected chi connectivity index (χ0v) is 7.95. The molecular formula is C8H11ClN2O2. The molecule has 0 amide bonds. The Bertz CT molecular complexity index is 266. The molecule has 0 aliphatic rings. The van der Waals surface area contributed by atoms with E-state index in [0.29, 0.717) is 5.56 Å². The molecule has 0 radical (unpaired) electrons. The van der Waals surface area contributed by atoms with E-state index < -0.39 is 12.0 Å². The van der Waals surface area contributed by atoms with Crippen LogP contribution in [0.25, 0.3) is 0 Å². The lowest BCUT2D eigenvalue weighted by Gasteiger charge is -2.07. The Balaban J connectivity index is 0.00000144.